The van der Waals surface area contributed by atoms with E-state index in [1.54, 1.807) is 30.3 Å². The molecule has 7 nitrogen and oxygen atoms in total. The Morgan fingerprint density at radius 3 is 2.43 bits per heavy atom. The van der Waals surface area contributed by atoms with Gasteiger partial charge in [-0.25, -0.2) is 13.8 Å². The maximum absolute atomic E-state index is 11.6. The van der Waals surface area contributed by atoms with Gasteiger partial charge in [-0.3, -0.25) is 4.79 Å². The van der Waals surface area contributed by atoms with E-state index in [4.69, 9.17) is 4.42 Å². The number of amides is 1. The summed E-state index contributed by atoms with van der Waals surface area (Å²) >= 11 is 0. The van der Waals surface area contributed by atoms with Gasteiger partial charge in [-0.2, -0.15) is 5.10 Å². The molecule has 1 heterocycles. The summed E-state index contributed by atoms with van der Waals surface area (Å²) in [5.41, 5.74) is 2.66. The molecule has 0 radical (unpaired) electrons. The first-order valence-electron chi connectivity index (χ1n) is 5.41. The zero-order valence-electron chi connectivity index (χ0n) is 11.0. The summed E-state index contributed by atoms with van der Waals surface area (Å²) < 4.78 is 36.7. The quantitative estimate of drug-likeness (QED) is 0.302. The fraction of sp³-hybridized carbons (Fsp3) is 0. The molecule has 104 valence electrons. The third-order valence-electron chi connectivity index (χ3n) is 2.24. The SMILES string of the molecule is O=C(N/N=C/c1ccc(S(=O)(=O)[O-])o1)c1ccccc1.[Na+]. The fourth-order valence-electron chi connectivity index (χ4n) is 1.35. The molecule has 0 aliphatic heterocycles. The molecule has 0 saturated carbocycles. The first-order valence-corrected chi connectivity index (χ1v) is 6.82. The molecule has 0 aliphatic rings. The van der Waals surface area contributed by atoms with E-state index in [1.165, 1.54) is 6.07 Å². The minimum absolute atomic E-state index is 0. The largest absolute Gasteiger partial charge is 1.00 e. The minimum atomic E-state index is -4.63. The summed E-state index contributed by atoms with van der Waals surface area (Å²) in [5.74, 6) is -0.391. The Morgan fingerprint density at radius 1 is 1.19 bits per heavy atom. The molecule has 2 rings (SSSR count). The van der Waals surface area contributed by atoms with Gasteiger partial charge in [-0.15, -0.1) is 0 Å². The summed E-state index contributed by atoms with van der Waals surface area (Å²) in [5, 5.41) is 2.90. The fourth-order valence-corrected chi connectivity index (χ4v) is 1.78. The molecule has 21 heavy (non-hydrogen) atoms. The molecule has 1 N–H and O–H groups in total. The van der Waals surface area contributed by atoms with Gasteiger partial charge in [0, 0.05) is 5.56 Å². The van der Waals surface area contributed by atoms with Gasteiger partial charge < -0.3 is 8.97 Å². The van der Waals surface area contributed by atoms with E-state index in [0.717, 1.165) is 12.3 Å². The van der Waals surface area contributed by atoms with Crippen LogP contribution < -0.4 is 35.0 Å². The molecule has 0 spiro atoms. The number of hydrogen-bond donors (Lipinski definition) is 1. The topological polar surface area (TPSA) is 112 Å². The molecule has 2 aromatic rings. The predicted molar refractivity (Wildman–Crippen MR) is 68.2 cm³/mol. The van der Waals surface area contributed by atoms with Crippen LogP contribution in [0.3, 0.4) is 0 Å². The molecule has 1 aromatic carbocycles. The molecule has 0 aliphatic carbocycles. The smallest absolute Gasteiger partial charge is 0.742 e. The average molecular weight is 316 g/mol. The van der Waals surface area contributed by atoms with Crippen LogP contribution in [0.25, 0.3) is 0 Å². The van der Waals surface area contributed by atoms with Crippen LogP contribution in [0, 0.1) is 0 Å². The number of hydrogen-bond acceptors (Lipinski definition) is 6. The third-order valence-corrected chi connectivity index (χ3v) is 2.95. The first-order chi connectivity index (χ1) is 9.47. The minimum Gasteiger partial charge on any atom is -0.742 e. The summed E-state index contributed by atoms with van der Waals surface area (Å²) in [6, 6.07) is 10.7. The Labute approximate surface area is 143 Å². The number of carbonyl (C=O) groups excluding carboxylic acids is 1. The molecule has 0 bridgehead atoms. The Bertz CT molecular complexity index is 740. The molecular weight excluding hydrogens is 307 g/mol. The van der Waals surface area contributed by atoms with Crippen molar-refractivity contribution in [2.45, 2.75) is 5.09 Å². The van der Waals surface area contributed by atoms with Gasteiger partial charge >= 0.3 is 29.6 Å². The van der Waals surface area contributed by atoms with E-state index in [9.17, 15) is 17.8 Å². The molecule has 0 saturated heterocycles. The van der Waals surface area contributed by atoms with Crippen molar-refractivity contribution in [3.05, 3.63) is 53.8 Å². The van der Waals surface area contributed by atoms with Crippen molar-refractivity contribution in [3.8, 4) is 0 Å². The van der Waals surface area contributed by atoms with Gasteiger partial charge in [0.25, 0.3) is 5.91 Å². The molecular formula is C12H9N2NaO5S. The first kappa shape index (κ1) is 17.6. The van der Waals surface area contributed by atoms with Gasteiger partial charge in [0.05, 0.1) is 6.21 Å². The number of nitrogens with zero attached hydrogens (tertiary/aromatic N) is 1. The van der Waals surface area contributed by atoms with Crippen LogP contribution in [0.2, 0.25) is 0 Å². The summed E-state index contributed by atoms with van der Waals surface area (Å²) in [7, 11) is -4.63. The third kappa shape index (κ3) is 5.10. The Hall–Kier alpha value is -1.45. The Kier molecular flexibility index (Phi) is 6.31. The van der Waals surface area contributed by atoms with E-state index in [-0.39, 0.29) is 35.3 Å². The van der Waals surface area contributed by atoms with Crippen LogP contribution >= 0.6 is 0 Å². The van der Waals surface area contributed by atoms with E-state index in [0.29, 0.717) is 5.56 Å². The number of hydrazone groups is 1. The van der Waals surface area contributed by atoms with Crippen molar-refractivity contribution < 1.29 is 51.7 Å². The van der Waals surface area contributed by atoms with Crippen molar-refractivity contribution in [3.63, 3.8) is 0 Å². The second-order valence-corrected chi connectivity index (χ2v) is 4.99. The van der Waals surface area contributed by atoms with Crippen LogP contribution in [-0.2, 0) is 10.1 Å². The normalized spacial score (nSPS) is 11.1. The van der Waals surface area contributed by atoms with Crippen LogP contribution in [0.15, 0.2) is 57.1 Å². The van der Waals surface area contributed by atoms with Crippen molar-refractivity contribution in [1.82, 2.24) is 5.43 Å². The maximum atomic E-state index is 11.6. The number of carbonyl (C=O) groups is 1. The van der Waals surface area contributed by atoms with E-state index >= 15 is 0 Å². The zero-order valence-corrected chi connectivity index (χ0v) is 13.8. The van der Waals surface area contributed by atoms with Gasteiger partial charge in [0.15, 0.2) is 10.1 Å². The van der Waals surface area contributed by atoms with Crippen LogP contribution in [0.4, 0.5) is 0 Å². The monoisotopic (exact) mass is 316 g/mol. The molecule has 1 aromatic heterocycles. The van der Waals surface area contributed by atoms with Crippen molar-refractivity contribution in [1.29, 1.82) is 0 Å². The number of benzene rings is 1. The Balaban J connectivity index is 0.00000220. The zero-order chi connectivity index (χ0) is 14.6. The molecule has 0 atom stereocenters. The average Bonchev–Trinajstić information content (AvgIpc) is 2.88. The van der Waals surface area contributed by atoms with Crippen molar-refractivity contribution >= 4 is 22.2 Å². The van der Waals surface area contributed by atoms with E-state index in [1.807, 2.05) is 0 Å². The standard InChI is InChI=1S/C12H10N2O5S.Na/c15-12(9-4-2-1-3-5-9)14-13-8-10-6-7-11(19-10)20(16,17)18;/h1-8H,(H,14,15)(H,16,17,18);/q;+1/p-1/b13-8+;. The van der Waals surface area contributed by atoms with Gasteiger partial charge in [0.2, 0.25) is 5.09 Å². The second kappa shape index (κ2) is 7.53. The molecule has 1 amide bonds. The number of furan rings is 1. The van der Waals surface area contributed by atoms with Crippen LogP contribution in [0.5, 0.6) is 0 Å². The van der Waals surface area contributed by atoms with E-state index in [2.05, 4.69) is 10.5 Å². The predicted octanol–water partition coefficient (Wildman–Crippen LogP) is -2.05. The summed E-state index contributed by atoms with van der Waals surface area (Å²) in [4.78, 5) is 11.6. The maximum Gasteiger partial charge on any atom is 1.00 e. The summed E-state index contributed by atoms with van der Waals surface area (Å²) in [6.45, 7) is 0. The summed E-state index contributed by atoms with van der Waals surface area (Å²) in [6.07, 6.45) is 1.09. The van der Waals surface area contributed by atoms with Gasteiger partial charge in [0.1, 0.15) is 5.76 Å². The van der Waals surface area contributed by atoms with Gasteiger partial charge in [-0.05, 0) is 24.3 Å². The van der Waals surface area contributed by atoms with E-state index < -0.39 is 21.1 Å². The number of nitrogens with one attached hydrogen (secondary N) is 1. The van der Waals surface area contributed by atoms with Crippen molar-refractivity contribution in [2.24, 2.45) is 5.10 Å². The molecule has 0 fully saturated rings. The van der Waals surface area contributed by atoms with Crippen molar-refractivity contribution in [2.75, 3.05) is 0 Å². The molecule has 9 heteroatoms. The number of rotatable bonds is 4. The van der Waals surface area contributed by atoms with Crippen LogP contribution in [0.1, 0.15) is 16.1 Å². The van der Waals surface area contributed by atoms with Crippen LogP contribution in [-0.4, -0.2) is 25.1 Å². The molecule has 0 unspecified atom stereocenters. The Morgan fingerprint density at radius 2 is 1.86 bits per heavy atom. The second-order valence-electron chi connectivity index (χ2n) is 3.68. The van der Waals surface area contributed by atoms with Gasteiger partial charge in [-0.1, -0.05) is 18.2 Å².